The molecule has 0 aliphatic rings. The van der Waals surface area contributed by atoms with E-state index in [1.807, 2.05) is 0 Å². The zero-order chi connectivity index (χ0) is 17.9. The maximum atomic E-state index is 2.44. The van der Waals surface area contributed by atoms with Crippen LogP contribution in [0.5, 0.6) is 0 Å². The predicted octanol–water partition coefficient (Wildman–Crippen LogP) is 7.96. The molecule has 136 valence electrons. The van der Waals surface area contributed by atoms with Crippen LogP contribution in [0.1, 0.15) is 88.7 Å². The molecule has 0 heterocycles. The molecule has 0 aliphatic carbocycles. The van der Waals surface area contributed by atoms with Gasteiger partial charge in [-0.05, 0) is 48.1 Å². The van der Waals surface area contributed by atoms with Gasteiger partial charge in [-0.15, -0.1) is 0 Å². The van der Waals surface area contributed by atoms with Crippen molar-refractivity contribution in [2.45, 2.75) is 77.6 Å². The molecule has 2 rings (SSSR count). The standard InChI is InChI=1S/C25H36/c1-4-23(25-17-9-6-10-18-25)14-12-11-13-21(2)19-20-22(3)24-15-7-5-8-16-24/h5-10,15-18,21-23H,4,11-14,19-20H2,1-3H3. The topological polar surface area (TPSA) is 0 Å². The first-order valence-electron chi connectivity index (χ1n) is 10.3. The number of rotatable bonds is 11. The highest BCUT2D eigenvalue weighted by molar-refractivity contribution is 5.19. The first kappa shape index (κ1) is 19.8. The van der Waals surface area contributed by atoms with Crippen LogP contribution in [0.25, 0.3) is 0 Å². The molecular weight excluding hydrogens is 300 g/mol. The van der Waals surface area contributed by atoms with Crippen molar-refractivity contribution in [2.75, 3.05) is 0 Å². The minimum Gasteiger partial charge on any atom is -0.0648 e. The fourth-order valence-electron chi connectivity index (χ4n) is 3.84. The van der Waals surface area contributed by atoms with Crippen LogP contribution in [0.15, 0.2) is 60.7 Å². The molecule has 0 bridgehead atoms. The zero-order valence-corrected chi connectivity index (χ0v) is 16.5. The summed E-state index contributed by atoms with van der Waals surface area (Å²) >= 11 is 0. The second kappa shape index (κ2) is 11.1. The monoisotopic (exact) mass is 336 g/mol. The molecule has 0 saturated carbocycles. The second-order valence-electron chi connectivity index (χ2n) is 7.79. The quantitative estimate of drug-likeness (QED) is 0.365. The Balaban J connectivity index is 1.62. The Morgan fingerprint density at radius 3 is 1.80 bits per heavy atom. The molecule has 0 spiro atoms. The van der Waals surface area contributed by atoms with Crippen LogP contribution in [-0.2, 0) is 0 Å². The highest BCUT2D eigenvalue weighted by atomic mass is 14.2. The third kappa shape index (κ3) is 7.06. The van der Waals surface area contributed by atoms with E-state index in [0.29, 0.717) is 5.92 Å². The first-order chi connectivity index (χ1) is 12.2. The molecule has 0 aromatic heterocycles. The highest BCUT2D eigenvalue weighted by Crippen LogP contribution is 2.28. The second-order valence-corrected chi connectivity index (χ2v) is 7.79. The molecule has 0 radical (unpaired) electrons. The van der Waals surface area contributed by atoms with Gasteiger partial charge in [0.15, 0.2) is 0 Å². The van der Waals surface area contributed by atoms with Crippen LogP contribution >= 0.6 is 0 Å². The normalized spacial score (nSPS) is 14.8. The Kier molecular flexibility index (Phi) is 8.80. The Morgan fingerprint density at radius 2 is 1.20 bits per heavy atom. The predicted molar refractivity (Wildman–Crippen MR) is 111 cm³/mol. The third-order valence-corrected chi connectivity index (χ3v) is 5.72. The van der Waals surface area contributed by atoms with Gasteiger partial charge in [-0.3, -0.25) is 0 Å². The van der Waals surface area contributed by atoms with Crippen LogP contribution in [-0.4, -0.2) is 0 Å². The summed E-state index contributed by atoms with van der Waals surface area (Å²) in [6, 6.07) is 22.0. The largest absolute Gasteiger partial charge is 0.0648 e. The van der Waals surface area contributed by atoms with E-state index < -0.39 is 0 Å². The van der Waals surface area contributed by atoms with E-state index in [2.05, 4.69) is 81.4 Å². The fourth-order valence-corrected chi connectivity index (χ4v) is 3.84. The maximum absolute atomic E-state index is 2.44. The average Bonchev–Trinajstić information content (AvgIpc) is 2.67. The van der Waals surface area contributed by atoms with Gasteiger partial charge in [0.25, 0.3) is 0 Å². The van der Waals surface area contributed by atoms with Gasteiger partial charge in [0, 0.05) is 0 Å². The van der Waals surface area contributed by atoms with Crippen molar-refractivity contribution in [1.29, 1.82) is 0 Å². The molecule has 0 nitrogen and oxygen atoms in total. The fraction of sp³-hybridized carbons (Fsp3) is 0.520. The molecule has 3 unspecified atom stereocenters. The molecule has 0 aliphatic heterocycles. The van der Waals surface area contributed by atoms with Gasteiger partial charge in [0.1, 0.15) is 0 Å². The van der Waals surface area contributed by atoms with E-state index in [-0.39, 0.29) is 0 Å². The summed E-state index contributed by atoms with van der Waals surface area (Å²) < 4.78 is 0. The van der Waals surface area contributed by atoms with Crippen LogP contribution in [0, 0.1) is 5.92 Å². The van der Waals surface area contributed by atoms with E-state index in [9.17, 15) is 0 Å². The molecule has 3 atom stereocenters. The van der Waals surface area contributed by atoms with E-state index in [0.717, 1.165) is 11.8 Å². The van der Waals surface area contributed by atoms with Crippen molar-refractivity contribution in [2.24, 2.45) is 5.92 Å². The van der Waals surface area contributed by atoms with Gasteiger partial charge < -0.3 is 0 Å². The van der Waals surface area contributed by atoms with E-state index in [1.165, 1.54) is 56.1 Å². The first-order valence-corrected chi connectivity index (χ1v) is 10.3. The minimum atomic E-state index is 0.686. The van der Waals surface area contributed by atoms with E-state index in [4.69, 9.17) is 0 Å². The molecule has 0 saturated heterocycles. The Labute approximate surface area is 155 Å². The molecule has 0 fully saturated rings. The van der Waals surface area contributed by atoms with Gasteiger partial charge >= 0.3 is 0 Å². The van der Waals surface area contributed by atoms with Crippen molar-refractivity contribution < 1.29 is 0 Å². The van der Waals surface area contributed by atoms with Gasteiger partial charge in [-0.1, -0.05) is 107 Å². The molecule has 25 heavy (non-hydrogen) atoms. The van der Waals surface area contributed by atoms with Crippen molar-refractivity contribution in [3.05, 3.63) is 71.8 Å². The molecule has 0 N–H and O–H groups in total. The minimum absolute atomic E-state index is 0.686. The Hall–Kier alpha value is -1.56. The lowest BCUT2D eigenvalue weighted by atomic mass is 9.88. The van der Waals surface area contributed by atoms with Gasteiger partial charge in [0.05, 0.1) is 0 Å². The molecule has 2 aromatic rings. The van der Waals surface area contributed by atoms with Crippen molar-refractivity contribution in [3.63, 3.8) is 0 Å². The summed E-state index contributed by atoms with van der Waals surface area (Å²) in [5, 5.41) is 0. The molecular formula is C25H36. The lowest BCUT2D eigenvalue weighted by Crippen LogP contribution is -2.01. The van der Waals surface area contributed by atoms with Crippen molar-refractivity contribution >= 4 is 0 Å². The van der Waals surface area contributed by atoms with Crippen LogP contribution in [0.4, 0.5) is 0 Å². The number of hydrogen-bond acceptors (Lipinski definition) is 0. The third-order valence-electron chi connectivity index (χ3n) is 5.72. The summed E-state index contributed by atoms with van der Waals surface area (Å²) in [6.07, 6.45) is 9.39. The summed E-state index contributed by atoms with van der Waals surface area (Å²) in [4.78, 5) is 0. The Morgan fingerprint density at radius 1 is 0.640 bits per heavy atom. The SMILES string of the molecule is CCC(CCCCC(C)CCC(C)c1ccccc1)c1ccccc1. The average molecular weight is 337 g/mol. The number of hydrogen-bond donors (Lipinski definition) is 0. The van der Waals surface area contributed by atoms with E-state index in [1.54, 1.807) is 0 Å². The lowest BCUT2D eigenvalue weighted by molar-refractivity contribution is 0.424. The molecule has 2 aromatic carbocycles. The van der Waals surface area contributed by atoms with Crippen LogP contribution < -0.4 is 0 Å². The van der Waals surface area contributed by atoms with Crippen molar-refractivity contribution in [3.8, 4) is 0 Å². The Bertz CT molecular complexity index is 557. The zero-order valence-electron chi connectivity index (χ0n) is 16.5. The van der Waals surface area contributed by atoms with Gasteiger partial charge in [-0.2, -0.15) is 0 Å². The van der Waals surface area contributed by atoms with Crippen LogP contribution in [0.2, 0.25) is 0 Å². The smallest absolute Gasteiger partial charge is 0.0165 e. The lowest BCUT2D eigenvalue weighted by Gasteiger charge is -2.17. The number of benzene rings is 2. The maximum Gasteiger partial charge on any atom is -0.0165 e. The summed E-state index contributed by atoms with van der Waals surface area (Å²) in [6.45, 7) is 7.13. The van der Waals surface area contributed by atoms with Gasteiger partial charge in [0.2, 0.25) is 0 Å². The van der Waals surface area contributed by atoms with E-state index >= 15 is 0 Å². The summed E-state index contributed by atoms with van der Waals surface area (Å²) in [5.41, 5.74) is 3.01. The van der Waals surface area contributed by atoms with Crippen LogP contribution in [0.3, 0.4) is 0 Å². The summed E-state index contributed by atoms with van der Waals surface area (Å²) in [5.74, 6) is 2.28. The van der Waals surface area contributed by atoms with Gasteiger partial charge in [-0.25, -0.2) is 0 Å². The van der Waals surface area contributed by atoms with Crippen molar-refractivity contribution in [1.82, 2.24) is 0 Å². The summed E-state index contributed by atoms with van der Waals surface area (Å²) in [7, 11) is 0. The molecule has 0 amide bonds. The highest BCUT2D eigenvalue weighted by Gasteiger charge is 2.11. The molecule has 0 heteroatoms. The number of unbranched alkanes of at least 4 members (excludes halogenated alkanes) is 1.